The molecule has 1 heterocycles. The molecule has 3 atom stereocenters. The van der Waals surface area contributed by atoms with Gasteiger partial charge in [-0.2, -0.15) is 0 Å². The highest BCUT2D eigenvalue weighted by Gasteiger charge is 2.35. The minimum Gasteiger partial charge on any atom is -0.368 e. The molecular formula is C10H21O3P. The number of ether oxygens (including phenoxy) is 1. The molecule has 1 N–H and O–H groups in total. The molecule has 3 nitrogen and oxygen atoms in total. The fourth-order valence-corrected chi connectivity index (χ4v) is 4.26. The van der Waals surface area contributed by atoms with Crippen LogP contribution in [0.25, 0.3) is 0 Å². The van der Waals surface area contributed by atoms with Crippen molar-refractivity contribution in [3.63, 3.8) is 0 Å². The molecule has 84 valence electrons. The van der Waals surface area contributed by atoms with Gasteiger partial charge in [0.2, 0.25) is 7.37 Å². The van der Waals surface area contributed by atoms with Crippen LogP contribution < -0.4 is 0 Å². The molecule has 0 saturated carbocycles. The average Bonchev–Trinajstić information content (AvgIpc) is 2.54. The van der Waals surface area contributed by atoms with Crippen LogP contribution in [0, 0.1) is 5.92 Å². The maximum Gasteiger partial charge on any atom is 0.228 e. The van der Waals surface area contributed by atoms with Gasteiger partial charge in [0, 0.05) is 12.8 Å². The maximum absolute atomic E-state index is 11.9. The van der Waals surface area contributed by atoms with Gasteiger partial charge in [-0.15, -0.1) is 0 Å². The quantitative estimate of drug-likeness (QED) is 0.725. The van der Waals surface area contributed by atoms with Gasteiger partial charge in [0.25, 0.3) is 0 Å². The third kappa shape index (κ3) is 3.38. The highest BCUT2D eigenvalue weighted by Crippen LogP contribution is 2.52. The fraction of sp³-hybridized carbons (Fsp3) is 1.00. The van der Waals surface area contributed by atoms with Crippen LogP contribution in [0.2, 0.25) is 0 Å². The van der Waals surface area contributed by atoms with Gasteiger partial charge < -0.3 is 9.63 Å². The Labute approximate surface area is 86.3 Å². The first kappa shape index (κ1) is 12.2. The van der Waals surface area contributed by atoms with Crippen LogP contribution in [0.5, 0.6) is 0 Å². The lowest BCUT2D eigenvalue weighted by Gasteiger charge is -2.21. The van der Waals surface area contributed by atoms with Gasteiger partial charge in [0.1, 0.15) is 5.85 Å². The highest BCUT2D eigenvalue weighted by molar-refractivity contribution is 7.58. The van der Waals surface area contributed by atoms with E-state index in [1.807, 2.05) is 6.92 Å². The molecule has 14 heavy (non-hydrogen) atoms. The summed E-state index contributed by atoms with van der Waals surface area (Å²) in [5.74, 6) is -0.0400. The van der Waals surface area contributed by atoms with Crippen molar-refractivity contribution in [3.05, 3.63) is 0 Å². The fourth-order valence-electron chi connectivity index (χ4n) is 2.03. The Balaban J connectivity index is 2.43. The Morgan fingerprint density at radius 3 is 2.86 bits per heavy atom. The smallest absolute Gasteiger partial charge is 0.228 e. The summed E-state index contributed by atoms with van der Waals surface area (Å²) in [6.07, 6.45) is 4.21. The van der Waals surface area contributed by atoms with Gasteiger partial charge in [-0.1, -0.05) is 26.7 Å². The zero-order valence-electron chi connectivity index (χ0n) is 9.11. The molecule has 0 spiro atoms. The van der Waals surface area contributed by atoms with E-state index >= 15 is 0 Å². The molecule has 0 aromatic heterocycles. The predicted octanol–water partition coefficient (Wildman–Crippen LogP) is 2.83. The van der Waals surface area contributed by atoms with Gasteiger partial charge in [-0.25, -0.2) is 0 Å². The van der Waals surface area contributed by atoms with E-state index in [-0.39, 0.29) is 5.85 Å². The van der Waals surface area contributed by atoms with Gasteiger partial charge in [-0.05, 0) is 18.8 Å². The average molecular weight is 220 g/mol. The molecule has 1 aliphatic rings. The third-order valence-electron chi connectivity index (χ3n) is 2.71. The summed E-state index contributed by atoms with van der Waals surface area (Å²) >= 11 is 0. The van der Waals surface area contributed by atoms with Crippen molar-refractivity contribution < 1.29 is 14.2 Å². The number of rotatable bonds is 5. The van der Waals surface area contributed by atoms with Crippen LogP contribution in [0.4, 0.5) is 0 Å². The summed E-state index contributed by atoms with van der Waals surface area (Å²) < 4.78 is 17.2. The molecule has 0 amide bonds. The molecule has 0 radical (unpaired) electrons. The van der Waals surface area contributed by atoms with Gasteiger partial charge >= 0.3 is 0 Å². The first-order chi connectivity index (χ1) is 6.56. The van der Waals surface area contributed by atoms with Gasteiger partial charge in [0.15, 0.2) is 0 Å². The first-order valence-corrected chi connectivity index (χ1v) is 7.40. The Morgan fingerprint density at radius 1 is 1.64 bits per heavy atom. The molecule has 0 aromatic rings. The molecular weight excluding hydrogens is 199 g/mol. The second-order valence-corrected chi connectivity index (χ2v) is 6.75. The van der Waals surface area contributed by atoms with Crippen LogP contribution in [-0.2, 0) is 9.30 Å². The second kappa shape index (κ2) is 5.29. The normalized spacial score (nSPS) is 28.6. The molecule has 1 fully saturated rings. The Morgan fingerprint density at radius 2 is 2.36 bits per heavy atom. The minimum atomic E-state index is -3.05. The zero-order valence-corrected chi connectivity index (χ0v) is 10.0. The summed E-state index contributed by atoms with van der Waals surface area (Å²) in [5.41, 5.74) is 0. The van der Waals surface area contributed by atoms with E-state index < -0.39 is 7.37 Å². The molecule has 1 aliphatic heterocycles. The van der Waals surface area contributed by atoms with Gasteiger partial charge in [-0.3, -0.25) is 4.57 Å². The van der Waals surface area contributed by atoms with Crippen LogP contribution in [0.1, 0.15) is 39.5 Å². The SMILES string of the molecule is CCCC(C)CP(=O)(O)C1CCCO1. The van der Waals surface area contributed by atoms with Crippen molar-refractivity contribution in [2.45, 2.75) is 45.4 Å². The van der Waals surface area contributed by atoms with E-state index in [2.05, 4.69) is 6.92 Å². The Bertz CT molecular complexity index is 211. The summed E-state index contributed by atoms with van der Waals surface area (Å²) in [5, 5.41) is 0. The second-order valence-electron chi connectivity index (χ2n) is 4.30. The number of hydrogen-bond donors (Lipinski definition) is 1. The van der Waals surface area contributed by atoms with Gasteiger partial charge in [0.05, 0.1) is 0 Å². The van der Waals surface area contributed by atoms with E-state index in [4.69, 9.17) is 4.74 Å². The lowest BCUT2D eigenvalue weighted by molar-refractivity contribution is 0.154. The monoisotopic (exact) mass is 220 g/mol. The van der Waals surface area contributed by atoms with Crippen molar-refractivity contribution in [1.82, 2.24) is 0 Å². The van der Waals surface area contributed by atoms with Crippen molar-refractivity contribution in [3.8, 4) is 0 Å². The van der Waals surface area contributed by atoms with Crippen molar-refractivity contribution >= 4 is 7.37 Å². The Kier molecular flexibility index (Phi) is 4.62. The molecule has 1 rings (SSSR count). The lowest BCUT2D eigenvalue weighted by Crippen LogP contribution is -2.13. The standard InChI is InChI=1S/C10H21O3P/c1-3-5-9(2)8-14(11,12)10-6-4-7-13-10/h9-10H,3-8H2,1-2H3,(H,11,12). The minimum absolute atomic E-state index is 0.333. The predicted molar refractivity (Wildman–Crippen MR) is 57.7 cm³/mol. The van der Waals surface area contributed by atoms with Crippen LogP contribution in [-0.4, -0.2) is 23.5 Å². The van der Waals surface area contributed by atoms with E-state index in [0.29, 0.717) is 18.7 Å². The molecule has 3 unspecified atom stereocenters. The van der Waals surface area contributed by atoms with Crippen LogP contribution in [0.15, 0.2) is 0 Å². The van der Waals surface area contributed by atoms with E-state index in [0.717, 1.165) is 25.7 Å². The molecule has 4 heteroatoms. The largest absolute Gasteiger partial charge is 0.368 e. The highest BCUT2D eigenvalue weighted by atomic mass is 31.2. The topological polar surface area (TPSA) is 46.5 Å². The molecule has 0 bridgehead atoms. The first-order valence-electron chi connectivity index (χ1n) is 5.49. The summed E-state index contributed by atoms with van der Waals surface area (Å²) in [6.45, 7) is 4.80. The van der Waals surface area contributed by atoms with Crippen LogP contribution in [0.3, 0.4) is 0 Å². The van der Waals surface area contributed by atoms with Crippen molar-refractivity contribution in [2.24, 2.45) is 5.92 Å². The lowest BCUT2D eigenvalue weighted by atomic mass is 10.1. The zero-order chi connectivity index (χ0) is 10.6. The maximum atomic E-state index is 11.9. The van der Waals surface area contributed by atoms with Crippen LogP contribution >= 0.6 is 7.37 Å². The summed E-state index contributed by atoms with van der Waals surface area (Å²) in [7, 11) is -3.05. The van der Waals surface area contributed by atoms with Crippen molar-refractivity contribution in [1.29, 1.82) is 0 Å². The van der Waals surface area contributed by atoms with E-state index in [9.17, 15) is 9.46 Å². The van der Waals surface area contributed by atoms with E-state index in [1.54, 1.807) is 0 Å². The summed E-state index contributed by atoms with van der Waals surface area (Å²) in [4.78, 5) is 9.84. The molecule has 1 saturated heterocycles. The third-order valence-corrected chi connectivity index (χ3v) is 5.16. The Hall–Kier alpha value is 0.150. The van der Waals surface area contributed by atoms with Crippen molar-refractivity contribution in [2.75, 3.05) is 12.8 Å². The van der Waals surface area contributed by atoms with E-state index in [1.165, 1.54) is 0 Å². The molecule has 0 aliphatic carbocycles. The number of hydrogen-bond acceptors (Lipinski definition) is 2. The molecule has 0 aromatic carbocycles. The summed E-state index contributed by atoms with van der Waals surface area (Å²) in [6, 6.07) is 0.